The first kappa shape index (κ1) is 18.5. The van der Waals surface area contributed by atoms with Crippen molar-refractivity contribution in [3.05, 3.63) is 96.1 Å². The Hall–Kier alpha value is -3.32. The summed E-state index contributed by atoms with van der Waals surface area (Å²) in [5.74, 6) is -5.94. The number of hydrogen-bond acceptors (Lipinski definition) is 2. The van der Waals surface area contributed by atoms with Gasteiger partial charge in [-0.15, -0.1) is 0 Å². The fourth-order valence-electron chi connectivity index (χ4n) is 2.93. The van der Waals surface area contributed by atoms with Crippen LogP contribution in [0.5, 0.6) is 0 Å². The number of benzene rings is 3. The zero-order valence-corrected chi connectivity index (χ0v) is 14.5. The summed E-state index contributed by atoms with van der Waals surface area (Å²) in [5, 5.41) is 9.39. The molecule has 0 aliphatic rings. The van der Waals surface area contributed by atoms with Crippen LogP contribution in [0.4, 0.5) is 8.78 Å². The average Bonchev–Trinajstić information content (AvgIpc) is 2.73. The average molecular weight is 361 g/mol. The number of Topliss-reactive ketones (excluding diaryl/α,β-unsaturated/α-hetero) is 1. The van der Waals surface area contributed by atoms with E-state index in [0.29, 0.717) is 5.56 Å². The standard InChI is InChI=1S/C23H17F2NO/c24-23(25,22(27)20-9-5-2-6-10-20)15-21(16-26)19-13-11-18(12-14-19)17-7-3-1-4-8-17/h1-14,21H,15H2. The molecule has 0 saturated heterocycles. The van der Waals surface area contributed by atoms with Crippen LogP contribution >= 0.6 is 0 Å². The van der Waals surface area contributed by atoms with E-state index in [1.807, 2.05) is 36.4 Å². The first-order chi connectivity index (χ1) is 13.0. The third kappa shape index (κ3) is 4.27. The topological polar surface area (TPSA) is 40.9 Å². The highest BCUT2D eigenvalue weighted by Crippen LogP contribution is 2.33. The van der Waals surface area contributed by atoms with Crippen molar-refractivity contribution in [3.8, 4) is 17.2 Å². The highest BCUT2D eigenvalue weighted by molar-refractivity contribution is 6.01. The molecule has 3 rings (SSSR count). The minimum Gasteiger partial charge on any atom is -0.287 e. The number of alkyl halides is 2. The Morgan fingerprint density at radius 1 is 0.852 bits per heavy atom. The molecule has 134 valence electrons. The lowest BCUT2D eigenvalue weighted by atomic mass is 9.90. The molecule has 0 amide bonds. The lowest BCUT2D eigenvalue weighted by Gasteiger charge is -2.18. The van der Waals surface area contributed by atoms with Crippen molar-refractivity contribution in [2.75, 3.05) is 0 Å². The van der Waals surface area contributed by atoms with Crippen molar-refractivity contribution in [2.24, 2.45) is 0 Å². The van der Waals surface area contributed by atoms with E-state index in [0.717, 1.165) is 11.1 Å². The van der Waals surface area contributed by atoms with Gasteiger partial charge in [-0.3, -0.25) is 4.79 Å². The summed E-state index contributed by atoms with van der Waals surface area (Å²) < 4.78 is 28.9. The van der Waals surface area contributed by atoms with Crippen LogP contribution in [-0.2, 0) is 0 Å². The fraction of sp³-hybridized carbons (Fsp3) is 0.130. The van der Waals surface area contributed by atoms with Crippen molar-refractivity contribution in [1.29, 1.82) is 5.26 Å². The van der Waals surface area contributed by atoms with Crippen LogP contribution in [0.25, 0.3) is 11.1 Å². The van der Waals surface area contributed by atoms with Crippen LogP contribution in [0.2, 0.25) is 0 Å². The van der Waals surface area contributed by atoms with Gasteiger partial charge in [0, 0.05) is 12.0 Å². The van der Waals surface area contributed by atoms with Gasteiger partial charge in [-0.05, 0) is 16.7 Å². The summed E-state index contributed by atoms with van der Waals surface area (Å²) in [6.45, 7) is 0. The summed E-state index contributed by atoms with van der Waals surface area (Å²) in [7, 11) is 0. The third-order valence-electron chi connectivity index (χ3n) is 4.40. The molecule has 27 heavy (non-hydrogen) atoms. The molecule has 0 saturated carbocycles. The van der Waals surface area contributed by atoms with Gasteiger partial charge >= 0.3 is 5.92 Å². The molecule has 0 N–H and O–H groups in total. The Bertz CT molecular complexity index is 945. The summed E-state index contributed by atoms with van der Waals surface area (Å²) in [4.78, 5) is 12.1. The van der Waals surface area contributed by atoms with Crippen molar-refractivity contribution >= 4 is 5.78 Å². The second-order valence-corrected chi connectivity index (χ2v) is 6.27. The number of hydrogen-bond donors (Lipinski definition) is 0. The molecule has 1 unspecified atom stereocenters. The molecule has 0 bridgehead atoms. The van der Waals surface area contributed by atoms with E-state index in [-0.39, 0.29) is 5.56 Å². The summed E-state index contributed by atoms with van der Waals surface area (Å²) in [5.41, 5.74) is 2.35. The maximum Gasteiger partial charge on any atom is 0.311 e. The molecule has 0 aliphatic carbocycles. The fourth-order valence-corrected chi connectivity index (χ4v) is 2.93. The molecular weight excluding hydrogens is 344 g/mol. The number of carbonyl (C=O) groups excluding carboxylic acids is 1. The molecule has 2 nitrogen and oxygen atoms in total. The molecule has 0 aromatic heterocycles. The second kappa shape index (κ2) is 7.92. The van der Waals surface area contributed by atoms with Crippen LogP contribution < -0.4 is 0 Å². The van der Waals surface area contributed by atoms with Gasteiger partial charge in [-0.25, -0.2) is 0 Å². The SMILES string of the molecule is N#CC(CC(F)(F)C(=O)c1ccccc1)c1ccc(-c2ccccc2)cc1. The monoisotopic (exact) mass is 361 g/mol. The maximum absolute atomic E-state index is 14.5. The predicted octanol–water partition coefficient (Wildman–Crippen LogP) is 5.87. The molecule has 0 spiro atoms. The van der Waals surface area contributed by atoms with Crippen LogP contribution in [0, 0.1) is 11.3 Å². The number of carbonyl (C=O) groups is 1. The molecule has 0 radical (unpaired) electrons. The maximum atomic E-state index is 14.5. The molecule has 4 heteroatoms. The van der Waals surface area contributed by atoms with Gasteiger partial charge in [-0.1, -0.05) is 84.9 Å². The van der Waals surface area contributed by atoms with E-state index in [2.05, 4.69) is 0 Å². The second-order valence-electron chi connectivity index (χ2n) is 6.27. The Balaban J connectivity index is 1.79. The Morgan fingerprint density at radius 3 is 1.93 bits per heavy atom. The summed E-state index contributed by atoms with van der Waals surface area (Å²) in [6, 6.07) is 25.9. The van der Waals surface area contributed by atoms with Gasteiger partial charge in [0.2, 0.25) is 5.78 Å². The van der Waals surface area contributed by atoms with E-state index >= 15 is 0 Å². The normalized spacial score (nSPS) is 12.2. The van der Waals surface area contributed by atoms with Crippen molar-refractivity contribution in [1.82, 2.24) is 0 Å². The quantitative estimate of drug-likeness (QED) is 0.515. The predicted molar refractivity (Wildman–Crippen MR) is 101 cm³/mol. The van der Waals surface area contributed by atoms with Gasteiger partial charge < -0.3 is 0 Å². The van der Waals surface area contributed by atoms with Crippen LogP contribution in [0.1, 0.15) is 28.3 Å². The molecule has 3 aromatic carbocycles. The van der Waals surface area contributed by atoms with Gasteiger partial charge in [0.15, 0.2) is 0 Å². The van der Waals surface area contributed by atoms with Crippen molar-refractivity contribution < 1.29 is 13.6 Å². The third-order valence-corrected chi connectivity index (χ3v) is 4.40. The largest absolute Gasteiger partial charge is 0.311 e. The summed E-state index contributed by atoms with van der Waals surface area (Å²) in [6.07, 6.45) is -0.845. The van der Waals surface area contributed by atoms with E-state index < -0.39 is 24.0 Å². The van der Waals surface area contributed by atoms with Gasteiger partial charge in [0.1, 0.15) is 0 Å². The van der Waals surface area contributed by atoms with Gasteiger partial charge in [0.25, 0.3) is 0 Å². The molecular formula is C23H17F2NO. The molecule has 0 aliphatic heterocycles. The highest BCUT2D eigenvalue weighted by Gasteiger charge is 2.41. The van der Waals surface area contributed by atoms with Crippen LogP contribution in [0.3, 0.4) is 0 Å². The Kier molecular flexibility index (Phi) is 5.42. The number of ketones is 1. The van der Waals surface area contributed by atoms with E-state index in [4.69, 9.17) is 0 Å². The highest BCUT2D eigenvalue weighted by atomic mass is 19.3. The van der Waals surface area contributed by atoms with Crippen LogP contribution in [-0.4, -0.2) is 11.7 Å². The van der Waals surface area contributed by atoms with E-state index in [9.17, 15) is 18.8 Å². The van der Waals surface area contributed by atoms with Crippen molar-refractivity contribution in [2.45, 2.75) is 18.3 Å². The smallest absolute Gasteiger partial charge is 0.287 e. The van der Waals surface area contributed by atoms with Gasteiger partial charge in [0.05, 0.1) is 12.0 Å². The Morgan fingerprint density at radius 2 is 1.37 bits per heavy atom. The Labute approximate surface area is 156 Å². The lowest BCUT2D eigenvalue weighted by molar-refractivity contribution is 0.00316. The van der Waals surface area contributed by atoms with E-state index in [1.165, 1.54) is 24.3 Å². The number of nitriles is 1. The van der Waals surface area contributed by atoms with Gasteiger partial charge in [-0.2, -0.15) is 14.0 Å². The molecule has 1 atom stereocenters. The molecule has 0 fully saturated rings. The van der Waals surface area contributed by atoms with Crippen LogP contribution in [0.15, 0.2) is 84.9 Å². The summed E-state index contributed by atoms with van der Waals surface area (Å²) >= 11 is 0. The first-order valence-electron chi connectivity index (χ1n) is 8.54. The van der Waals surface area contributed by atoms with Crippen molar-refractivity contribution in [3.63, 3.8) is 0 Å². The first-order valence-corrected chi connectivity index (χ1v) is 8.54. The number of halogens is 2. The zero-order chi connectivity index (χ0) is 19.3. The molecule has 3 aromatic rings. The zero-order valence-electron chi connectivity index (χ0n) is 14.5. The number of nitrogens with zero attached hydrogens (tertiary/aromatic N) is 1. The molecule has 0 heterocycles. The number of rotatable bonds is 6. The minimum atomic E-state index is -3.61. The lowest BCUT2D eigenvalue weighted by Crippen LogP contribution is -2.30. The van der Waals surface area contributed by atoms with E-state index in [1.54, 1.807) is 30.3 Å². The minimum absolute atomic E-state index is 0.0568.